The van der Waals surface area contributed by atoms with Crippen LogP contribution in [0, 0.1) is 11.8 Å². The van der Waals surface area contributed by atoms with Gasteiger partial charge in [-0.3, -0.25) is 0 Å². The molecule has 0 aliphatic heterocycles. The second-order valence-electron chi connectivity index (χ2n) is 6.92. The SMILES string of the molecule is O[C@H]1C[C@@H]2CC[C@H]1[C@@](O)(c1ccc(-c3ccccc3)cc1)C2. The maximum absolute atomic E-state index is 11.2. The van der Waals surface area contributed by atoms with Gasteiger partial charge in [-0.05, 0) is 48.3 Å². The summed E-state index contributed by atoms with van der Waals surface area (Å²) >= 11 is 0. The highest BCUT2D eigenvalue weighted by molar-refractivity contribution is 5.63. The minimum Gasteiger partial charge on any atom is -0.393 e. The molecule has 114 valence electrons. The van der Waals surface area contributed by atoms with Crippen LogP contribution in [0.2, 0.25) is 0 Å². The van der Waals surface area contributed by atoms with Gasteiger partial charge in [0, 0.05) is 5.92 Å². The van der Waals surface area contributed by atoms with Crippen LogP contribution in [0.25, 0.3) is 11.1 Å². The summed E-state index contributed by atoms with van der Waals surface area (Å²) in [6.45, 7) is 0. The van der Waals surface area contributed by atoms with Gasteiger partial charge in [-0.25, -0.2) is 0 Å². The lowest BCUT2D eigenvalue weighted by atomic mass is 9.58. The van der Waals surface area contributed by atoms with Crippen LogP contribution in [0.4, 0.5) is 0 Å². The van der Waals surface area contributed by atoms with Gasteiger partial charge in [-0.2, -0.15) is 0 Å². The molecule has 2 heteroatoms. The molecule has 3 aliphatic rings. The fourth-order valence-corrected chi connectivity index (χ4v) is 4.48. The molecule has 0 aromatic heterocycles. The highest BCUT2D eigenvalue weighted by atomic mass is 16.3. The van der Waals surface area contributed by atoms with E-state index in [1.807, 2.05) is 30.3 Å². The summed E-state index contributed by atoms with van der Waals surface area (Å²) in [4.78, 5) is 0. The Kier molecular flexibility index (Phi) is 3.32. The van der Waals surface area contributed by atoms with Gasteiger partial charge in [-0.1, -0.05) is 54.6 Å². The van der Waals surface area contributed by atoms with Crippen LogP contribution < -0.4 is 0 Å². The molecule has 4 atom stereocenters. The molecule has 0 amide bonds. The summed E-state index contributed by atoms with van der Waals surface area (Å²) in [6.07, 6.45) is 3.37. The molecule has 5 rings (SSSR count). The van der Waals surface area contributed by atoms with Crippen LogP contribution in [0.3, 0.4) is 0 Å². The van der Waals surface area contributed by atoms with E-state index >= 15 is 0 Å². The topological polar surface area (TPSA) is 40.5 Å². The van der Waals surface area contributed by atoms with Crippen LogP contribution in [0.15, 0.2) is 54.6 Å². The van der Waals surface area contributed by atoms with Crippen LogP contribution in [-0.2, 0) is 5.60 Å². The molecule has 3 saturated carbocycles. The fourth-order valence-electron chi connectivity index (χ4n) is 4.48. The Labute approximate surface area is 131 Å². The van der Waals surface area contributed by atoms with Crippen molar-refractivity contribution < 1.29 is 10.2 Å². The van der Waals surface area contributed by atoms with E-state index in [0.717, 1.165) is 36.8 Å². The monoisotopic (exact) mass is 294 g/mol. The lowest BCUT2D eigenvalue weighted by molar-refractivity contribution is -0.157. The first-order valence-corrected chi connectivity index (χ1v) is 8.23. The Balaban J connectivity index is 1.66. The third-order valence-electron chi connectivity index (χ3n) is 5.63. The average Bonchev–Trinajstić information content (AvgIpc) is 2.56. The van der Waals surface area contributed by atoms with Crippen molar-refractivity contribution in [3.63, 3.8) is 0 Å². The van der Waals surface area contributed by atoms with Gasteiger partial charge < -0.3 is 10.2 Å². The van der Waals surface area contributed by atoms with Crippen LogP contribution >= 0.6 is 0 Å². The quantitative estimate of drug-likeness (QED) is 0.886. The summed E-state index contributed by atoms with van der Waals surface area (Å²) < 4.78 is 0. The normalized spacial score (nSPS) is 33.8. The molecule has 2 nitrogen and oxygen atoms in total. The Morgan fingerprint density at radius 1 is 0.864 bits per heavy atom. The lowest BCUT2D eigenvalue weighted by Gasteiger charge is -2.51. The third-order valence-corrected chi connectivity index (χ3v) is 5.63. The number of rotatable bonds is 2. The summed E-state index contributed by atoms with van der Waals surface area (Å²) in [5, 5.41) is 21.5. The van der Waals surface area contributed by atoms with Gasteiger partial charge in [0.05, 0.1) is 11.7 Å². The summed E-state index contributed by atoms with van der Waals surface area (Å²) in [6, 6.07) is 18.5. The molecular weight excluding hydrogens is 272 g/mol. The van der Waals surface area contributed by atoms with Crippen molar-refractivity contribution in [3.05, 3.63) is 60.2 Å². The molecule has 0 unspecified atom stereocenters. The molecule has 2 N–H and O–H groups in total. The number of aliphatic hydroxyl groups is 2. The second kappa shape index (κ2) is 5.22. The van der Waals surface area contributed by atoms with Gasteiger partial charge >= 0.3 is 0 Å². The van der Waals surface area contributed by atoms with E-state index in [4.69, 9.17) is 0 Å². The van der Waals surface area contributed by atoms with Crippen molar-refractivity contribution in [3.8, 4) is 11.1 Å². The number of aliphatic hydroxyl groups excluding tert-OH is 1. The van der Waals surface area contributed by atoms with Gasteiger partial charge in [0.15, 0.2) is 0 Å². The van der Waals surface area contributed by atoms with Crippen LogP contribution in [0.1, 0.15) is 31.2 Å². The first-order chi connectivity index (χ1) is 10.7. The van der Waals surface area contributed by atoms with Crippen molar-refractivity contribution in [2.24, 2.45) is 11.8 Å². The molecule has 22 heavy (non-hydrogen) atoms. The van der Waals surface area contributed by atoms with E-state index in [1.54, 1.807) is 0 Å². The zero-order valence-electron chi connectivity index (χ0n) is 12.7. The molecule has 2 aromatic carbocycles. The highest BCUT2D eigenvalue weighted by Gasteiger charge is 2.51. The van der Waals surface area contributed by atoms with Crippen LogP contribution in [-0.4, -0.2) is 16.3 Å². The van der Waals surface area contributed by atoms with E-state index < -0.39 is 5.60 Å². The lowest BCUT2D eigenvalue weighted by Crippen LogP contribution is -2.52. The van der Waals surface area contributed by atoms with E-state index in [0.29, 0.717) is 5.92 Å². The minimum atomic E-state index is -0.851. The second-order valence-corrected chi connectivity index (χ2v) is 6.92. The minimum absolute atomic E-state index is 0.0138. The number of hydrogen-bond acceptors (Lipinski definition) is 2. The predicted molar refractivity (Wildman–Crippen MR) is 87.2 cm³/mol. The van der Waals surface area contributed by atoms with E-state index in [1.165, 1.54) is 5.56 Å². The van der Waals surface area contributed by atoms with Crippen molar-refractivity contribution in [2.45, 2.75) is 37.4 Å². The molecule has 0 spiro atoms. The highest BCUT2D eigenvalue weighted by Crippen LogP contribution is 2.52. The zero-order chi connectivity index (χ0) is 15.2. The Morgan fingerprint density at radius 2 is 1.55 bits per heavy atom. The summed E-state index contributed by atoms with van der Waals surface area (Å²) in [5.41, 5.74) is 2.46. The first-order valence-electron chi connectivity index (χ1n) is 8.23. The largest absolute Gasteiger partial charge is 0.393 e. The maximum atomic E-state index is 11.2. The van der Waals surface area contributed by atoms with Crippen molar-refractivity contribution in [1.82, 2.24) is 0 Å². The first kappa shape index (κ1) is 14.0. The maximum Gasteiger partial charge on any atom is 0.0951 e. The number of hydrogen-bond donors (Lipinski definition) is 2. The van der Waals surface area contributed by atoms with E-state index in [-0.39, 0.29) is 12.0 Å². The number of fused-ring (bicyclic) bond motifs is 3. The fraction of sp³-hybridized carbons (Fsp3) is 0.400. The molecule has 0 heterocycles. The van der Waals surface area contributed by atoms with E-state index in [2.05, 4.69) is 24.3 Å². The van der Waals surface area contributed by atoms with Gasteiger partial charge in [0.1, 0.15) is 0 Å². The standard InChI is InChI=1S/C20H22O2/c21-19-12-14-6-11-18(19)20(22,13-14)17-9-7-16(8-10-17)15-4-2-1-3-5-15/h1-5,7-10,14,18-19,21-22H,6,11-13H2/t14-,18+,19-,20-/m0/s1. The van der Waals surface area contributed by atoms with Crippen molar-refractivity contribution in [1.29, 1.82) is 0 Å². The molecule has 2 aromatic rings. The predicted octanol–water partition coefficient (Wildman–Crippen LogP) is 3.72. The molecule has 2 bridgehead atoms. The average molecular weight is 294 g/mol. The molecule has 3 fully saturated rings. The third kappa shape index (κ3) is 2.18. The zero-order valence-corrected chi connectivity index (χ0v) is 12.7. The van der Waals surface area contributed by atoms with Gasteiger partial charge in [0.2, 0.25) is 0 Å². The van der Waals surface area contributed by atoms with Gasteiger partial charge in [0.25, 0.3) is 0 Å². The van der Waals surface area contributed by atoms with Crippen LogP contribution in [0.5, 0.6) is 0 Å². The molecule has 0 saturated heterocycles. The van der Waals surface area contributed by atoms with E-state index in [9.17, 15) is 10.2 Å². The van der Waals surface area contributed by atoms with Gasteiger partial charge in [-0.15, -0.1) is 0 Å². The number of benzene rings is 2. The smallest absolute Gasteiger partial charge is 0.0951 e. The van der Waals surface area contributed by atoms with Crippen molar-refractivity contribution >= 4 is 0 Å². The molecular formula is C20H22O2. The Bertz CT molecular complexity index is 649. The summed E-state index contributed by atoms with van der Waals surface area (Å²) in [7, 11) is 0. The summed E-state index contributed by atoms with van der Waals surface area (Å²) in [5.74, 6) is 0.443. The Hall–Kier alpha value is -1.64. The molecule has 3 aliphatic carbocycles. The Morgan fingerprint density at radius 3 is 2.18 bits per heavy atom. The molecule has 0 radical (unpaired) electrons. The van der Waals surface area contributed by atoms with Crippen molar-refractivity contribution in [2.75, 3.05) is 0 Å².